The van der Waals surface area contributed by atoms with Crippen LogP contribution in [0, 0.1) is 0 Å². The van der Waals surface area contributed by atoms with Crippen LogP contribution in [0.15, 0.2) is 23.1 Å². The smallest absolute Gasteiger partial charge is 0.239 e. The van der Waals surface area contributed by atoms with Crippen molar-refractivity contribution in [2.75, 3.05) is 17.3 Å². The molecular weight excluding hydrogens is 300 g/mol. The zero-order chi connectivity index (χ0) is 12.8. The van der Waals surface area contributed by atoms with Crippen molar-refractivity contribution in [3.8, 4) is 0 Å². The molecule has 0 aliphatic rings. The molecule has 9 heteroatoms. The summed E-state index contributed by atoms with van der Waals surface area (Å²) in [5, 5.41) is 10.8. The lowest BCUT2D eigenvalue weighted by atomic mass is 10.4. The molecule has 0 spiro atoms. The molecule has 0 amide bonds. The predicted molar refractivity (Wildman–Crippen MR) is 70.7 cm³/mol. The highest BCUT2D eigenvalue weighted by Crippen LogP contribution is 2.19. The minimum absolute atomic E-state index is 0.372. The Morgan fingerprint density at radius 3 is 3.06 bits per heavy atom. The molecule has 2 rings (SSSR count). The standard InChI is InChI=1S/C9H13BrN8/c10-7-6-13-9(16-11)15-8(7)12-2-1-4-18-5-3-14-17-18/h3,5-6H,1-2,4,11H2,(H2,12,13,15,16). The van der Waals surface area contributed by atoms with Gasteiger partial charge in [-0.25, -0.2) is 10.8 Å². The Hall–Kier alpha value is -1.74. The van der Waals surface area contributed by atoms with Gasteiger partial charge >= 0.3 is 0 Å². The van der Waals surface area contributed by atoms with Crippen LogP contribution in [-0.2, 0) is 6.54 Å². The first-order valence-electron chi connectivity index (χ1n) is 5.36. The molecule has 0 unspecified atom stereocenters. The van der Waals surface area contributed by atoms with E-state index < -0.39 is 0 Å². The molecule has 0 aromatic carbocycles. The van der Waals surface area contributed by atoms with Gasteiger partial charge in [0.1, 0.15) is 5.82 Å². The van der Waals surface area contributed by atoms with Gasteiger partial charge in [-0.15, -0.1) is 5.10 Å². The van der Waals surface area contributed by atoms with Crippen molar-refractivity contribution < 1.29 is 0 Å². The molecule has 0 saturated heterocycles. The van der Waals surface area contributed by atoms with Gasteiger partial charge in [0.15, 0.2) is 0 Å². The Morgan fingerprint density at radius 1 is 1.44 bits per heavy atom. The third-order valence-corrected chi connectivity index (χ3v) is 2.78. The fourth-order valence-corrected chi connectivity index (χ4v) is 1.69. The molecule has 4 N–H and O–H groups in total. The molecule has 2 heterocycles. The van der Waals surface area contributed by atoms with E-state index in [-0.39, 0.29) is 0 Å². The maximum absolute atomic E-state index is 5.25. The quantitative estimate of drug-likeness (QED) is 0.408. The third-order valence-electron chi connectivity index (χ3n) is 2.20. The first-order chi connectivity index (χ1) is 8.79. The average molecular weight is 313 g/mol. The molecule has 0 saturated carbocycles. The van der Waals surface area contributed by atoms with Crippen LogP contribution in [0.4, 0.5) is 11.8 Å². The number of aryl methyl sites for hydroxylation is 1. The number of rotatable bonds is 6. The zero-order valence-corrected chi connectivity index (χ0v) is 11.1. The number of anilines is 2. The fraction of sp³-hybridized carbons (Fsp3) is 0.333. The van der Waals surface area contributed by atoms with Crippen molar-refractivity contribution >= 4 is 27.7 Å². The summed E-state index contributed by atoms with van der Waals surface area (Å²) < 4.78 is 2.58. The van der Waals surface area contributed by atoms with Crippen molar-refractivity contribution in [3.05, 3.63) is 23.1 Å². The van der Waals surface area contributed by atoms with E-state index in [1.807, 2.05) is 6.20 Å². The minimum Gasteiger partial charge on any atom is -0.369 e. The Balaban J connectivity index is 1.82. The Morgan fingerprint density at radius 2 is 2.33 bits per heavy atom. The highest BCUT2D eigenvalue weighted by atomic mass is 79.9. The second kappa shape index (κ2) is 6.26. The van der Waals surface area contributed by atoms with Crippen molar-refractivity contribution in [2.24, 2.45) is 5.84 Å². The lowest BCUT2D eigenvalue weighted by Crippen LogP contribution is -2.13. The first kappa shape index (κ1) is 12.7. The summed E-state index contributed by atoms with van der Waals surface area (Å²) in [4.78, 5) is 8.16. The molecule has 2 aromatic heterocycles. The van der Waals surface area contributed by atoms with Crippen LogP contribution in [0.25, 0.3) is 0 Å². The summed E-state index contributed by atoms with van der Waals surface area (Å²) in [5.41, 5.74) is 2.40. The van der Waals surface area contributed by atoms with E-state index in [0.717, 1.165) is 24.0 Å². The summed E-state index contributed by atoms with van der Waals surface area (Å²) >= 11 is 3.37. The molecule has 0 fully saturated rings. The van der Waals surface area contributed by atoms with Gasteiger partial charge in [-0.2, -0.15) is 4.98 Å². The lowest BCUT2D eigenvalue weighted by Gasteiger charge is -2.08. The van der Waals surface area contributed by atoms with Crippen LogP contribution in [0.1, 0.15) is 6.42 Å². The van der Waals surface area contributed by atoms with Crippen molar-refractivity contribution in [1.29, 1.82) is 0 Å². The zero-order valence-electron chi connectivity index (χ0n) is 9.54. The van der Waals surface area contributed by atoms with Crippen LogP contribution in [0.3, 0.4) is 0 Å². The number of nitrogens with zero attached hydrogens (tertiary/aromatic N) is 5. The van der Waals surface area contributed by atoms with Gasteiger partial charge in [0.25, 0.3) is 0 Å². The molecule has 96 valence electrons. The number of hydrogen-bond acceptors (Lipinski definition) is 7. The molecule has 0 aliphatic carbocycles. The lowest BCUT2D eigenvalue weighted by molar-refractivity contribution is 0.569. The number of nitrogens with one attached hydrogen (secondary N) is 2. The van der Waals surface area contributed by atoms with Crippen molar-refractivity contribution in [3.63, 3.8) is 0 Å². The molecular formula is C9H13BrN8. The number of aromatic nitrogens is 5. The molecule has 0 aliphatic heterocycles. The Labute approximate surface area is 112 Å². The van der Waals surface area contributed by atoms with Crippen LogP contribution in [0.5, 0.6) is 0 Å². The fourth-order valence-electron chi connectivity index (χ4n) is 1.36. The molecule has 0 atom stereocenters. The van der Waals surface area contributed by atoms with Crippen LogP contribution in [-0.4, -0.2) is 31.5 Å². The first-order valence-corrected chi connectivity index (χ1v) is 6.16. The van der Waals surface area contributed by atoms with Gasteiger partial charge < -0.3 is 5.32 Å². The number of nitrogens with two attached hydrogens (primary N) is 1. The van der Waals surface area contributed by atoms with E-state index in [2.05, 4.69) is 47.0 Å². The highest BCUT2D eigenvalue weighted by molar-refractivity contribution is 9.10. The Kier molecular flexibility index (Phi) is 4.42. The Bertz CT molecular complexity index is 485. The topological polar surface area (TPSA) is 107 Å². The third kappa shape index (κ3) is 3.37. The van der Waals surface area contributed by atoms with Gasteiger partial charge in [0.2, 0.25) is 5.95 Å². The van der Waals surface area contributed by atoms with Gasteiger partial charge in [-0.3, -0.25) is 10.1 Å². The summed E-state index contributed by atoms with van der Waals surface area (Å²) in [6, 6.07) is 0. The second-order valence-corrected chi connectivity index (χ2v) is 4.34. The maximum atomic E-state index is 5.25. The van der Waals surface area contributed by atoms with E-state index in [1.54, 1.807) is 17.1 Å². The monoisotopic (exact) mass is 312 g/mol. The van der Waals surface area contributed by atoms with E-state index in [0.29, 0.717) is 11.8 Å². The largest absolute Gasteiger partial charge is 0.369 e. The summed E-state index contributed by atoms with van der Waals surface area (Å²) in [7, 11) is 0. The van der Waals surface area contributed by atoms with Gasteiger partial charge in [0, 0.05) is 25.5 Å². The summed E-state index contributed by atoms with van der Waals surface area (Å²) in [5.74, 6) is 6.33. The SMILES string of the molecule is NNc1ncc(Br)c(NCCCn2ccnn2)n1. The number of hydrazine groups is 1. The number of hydrogen-bond donors (Lipinski definition) is 3. The molecule has 2 aromatic rings. The molecule has 18 heavy (non-hydrogen) atoms. The van der Waals surface area contributed by atoms with Gasteiger partial charge in [-0.1, -0.05) is 5.21 Å². The van der Waals surface area contributed by atoms with E-state index >= 15 is 0 Å². The minimum atomic E-state index is 0.372. The van der Waals surface area contributed by atoms with E-state index in [4.69, 9.17) is 5.84 Å². The molecule has 0 radical (unpaired) electrons. The van der Waals surface area contributed by atoms with Gasteiger partial charge in [0.05, 0.1) is 10.7 Å². The van der Waals surface area contributed by atoms with E-state index in [9.17, 15) is 0 Å². The maximum Gasteiger partial charge on any atom is 0.239 e. The normalized spacial score (nSPS) is 10.3. The average Bonchev–Trinajstić information content (AvgIpc) is 2.89. The van der Waals surface area contributed by atoms with Crippen LogP contribution in [0.2, 0.25) is 0 Å². The highest BCUT2D eigenvalue weighted by Gasteiger charge is 2.03. The summed E-state index contributed by atoms with van der Waals surface area (Å²) in [6.45, 7) is 1.57. The molecule has 0 bridgehead atoms. The van der Waals surface area contributed by atoms with Crippen LogP contribution < -0.4 is 16.6 Å². The predicted octanol–water partition coefficient (Wildman–Crippen LogP) is 0.618. The van der Waals surface area contributed by atoms with Crippen LogP contribution >= 0.6 is 15.9 Å². The van der Waals surface area contributed by atoms with Crippen molar-refractivity contribution in [1.82, 2.24) is 25.0 Å². The summed E-state index contributed by atoms with van der Waals surface area (Å²) in [6.07, 6.45) is 6.04. The molecule has 8 nitrogen and oxygen atoms in total. The second-order valence-electron chi connectivity index (χ2n) is 3.48. The van der Waals surface area contributed by atoms with Crippen molar-refractivity contribution in [2.45, 2.75) is 13.0 Å². The van der Waals surface area contributed by atoms with Gasteiger partial charge in [-0.05, 0) is 22.4 Å². The van der Waals surface area contributed by atoms with E-state index in [1.165, 1.54) is 0 Å². The number of nitrogen functional groups attached to an aromatic ring is 1. The number of halogens is 1.